The van der Waals surface area contributed by atoms with E-state index < -0.39 is 124 Å². The first kappa shape index (κ1) is 104. The molecule has 0 aromatic rings. The third-order valence-corrected chi connectivity index (χ3v) is 22.0. The topological polar surface area (TPSA) is 307 Å². The molecule has 3 fully saturated rings. The van der Waals surface area contributed by atoms with Gasteiger partial charge in [0.15, 0.2) is 18.9 Å². The number of nitrogens with one attached hydrogen (secondary N) is 1. The summed E-state index contributed by atoms with van der Waals surface area (Å²) in [6, 6.07) is -1.00. The molecule has 0 aromatic heterocycles. The monoisotopic (exact) mass is 1600 g/mol. The van der Waals surface area contributed by atoms with Crippen LogP contribution in [0.1, 0.15) is 348 Å². The zero-order chi connectivity index (χ0) is 81.7. The number of aliphatic hydroxyl groups excluding tert-OH is 11. The van der Waals surface area contributed by atoms with Crippen LogP contribution in [0.4, 0.5) is 0 Å². The fourth-order valence-corrected chi connectivity index (χ4v) is 14.8. The maximum atomic E-state index is 13.5. The van der Waals surface area contributed by atoms with Gasteiger partial charge in [-0.05, 0) is 96.3 Å². The Kier molecular flexibility index (Phi) is 66.5. The van der Waals surface area contributed by atoms with Gasteiger partial charge in [0, 0.05) is 6.42 Å². The molecule has 17 unspecified atom stereocenters. The summed E-state index contributed by atoms with van der Waals surface area (Å²) >= 11 is 0. The number of carbonyl (C=O) groups is 1. The lowest BCUT2D eigenvalue weighted by atomic mass is 9.96. The first-order chi connectivity index (χ1) is 55.3. The van der Waals surface area contributed by atoms with Gasteiger partial charge in [0.2, 0.25) is 5.91 Å². The molecule has 1 amide bonds. The lowest BCUT2D eigenvalue weighted by Gasteiger charge is -2.48. The summed E-state index contributed by atoms with van der Waals surface area (Å²) in [5, 5.41) is 121. The molecule has 12 N–H and O–H groups in total. The quantitative estimate of drug-likeness (QED) is 0.0199. The van der Waals surface area contributed by atoms with E-state index in [2.05, 4.69) is 116 Å². The number of amides is 1. The fraction of sp³-hybridized carbons (Fsp3) is 0.798. The molecule has 17 atom stereocenters. The lowest BCUT2D eigenvalue weighted by molar-refractivity contribution is -0.379. The Morgan fingerprint density at radius 1 is 0.327 bits per heavy atom. The molecule has 19 nitrogen and oxygen atoms in total. The summed E-state index contributed by atoms with van der Waals surface area (Å²) in [6.45, 7) is 1.64. The number of unbranched alkanes of at least 4 members (excludes halogenated alkanes) is 41. The van der Waals surface area contributed by atoms with E-state index in [-0.39, 0.29) is 18.9 Å². The van der Waals surface area contributed by atoms with Crippen LogP contribution in [0.15, 0.2) is 109 Å². The van der Waals surface area contributed by atoms with Gasteiger partial charge in [0.1, 0.15) is 73.2 Å². The van der Waals surface area contributed by atoms with Crippen molar-refractivity contribution in [3.8, 4) is 0 Å². The van der Waals surface area contributed by atoms with Crippen LogP contribution in [0, 0.1) is 0 Å². The summed E-state index contributed by atoms with van der Waals surface area (Å²) in [7, 11) is 0. The van der Waals surface area contributed by atoms with Crippen LogP contribution >= 0.6 is 0 Å². The second-order valence-corrected chi connectivity index (χ2v) is 32.0. The Bertz CT molecular complexity index is 2460. The molecule has 19 heteroatoms. The number of allylic oxidation sites excluding steroid dienone is 17. The van der Waals surface area contributed by atoms with Gasteiger partial charge in [0.05, 0.1) is 38.6 Å². The zero-order valence-electron chi connectivity index (χ0n) is 70.6. The Hall–Kier alpha value is -3.55. The van der Waals surface area contributed by atoms with E-state index in [0.717, 1.165) is 83.5 Å². The van der Waals surface area contributed by atoms with Crippen LogP contribution in [0.2, 0.25) is 0 Å². The number of hydrogen-bond acceptors (Lipinski definition) is 18. The van der Waals surface area contributed by atoms with Gasteiger partial charge < -0.3 is 89.9 Å². The van der Waals surface area contributed by atoms with Crippen LogP contribution in [-0.2, 0) is 33.2 Å². The molecule has 0 aliphatic carbocycles. The zero-order valence-corrected chi connectivity index (χ0v) is 70.6. The molecule has 3 rings (SSSR count). The van der Waals surface area contributed by atoms with Gasteiger partial charge in [0.25, 0.3) is 0 Å². The van der Waals surface area contributed by atoms with E-state index in [0.29, 0.717) is 12.8 Å². The van der Waals surface area contributed by atoms with Gasteiger partial charge in [-0.3, -0.25) is 4.79 Å². The Morgan fingerprint density at radius 2 is 0.619 bits per heavy atom. The fourth-order valence-electron chi connectivity index (χ4n) is 14.8. The van der Waals surface area contributed by atoms with Crippen LogP contribution in [0.3, 0.4) is 0 Å². The average molecular weight is 1600 g/mol. The van der Waals surface area contributed by atoms with Crippen molar-refractivity contribution in [3.63, 3.8) is 0 Å². The van der Waals surface area contributed by atoms with E-state index in [1.54, 1.807) is 6.08 Å². The molecular weight excluding hydrogens is 1430 g/mol. The number of aliphatic hydroxyl groups is 11. The van der Waals surface area contributed by atoms with Gasteiger partial charge in [-0.25, -0.2) is 0 Å². The SMILES string of the molecule is CC/C=C\C/C=C\C/C=C\C/C=C\C/C=C\C/C=C\CCCCCCCCCCCCCCCCCCCCCCCCC(=O)NC(COC1OC(CO)C(OC2OC(CO)C(OC3OC(CO)C(O)C(O)C3O)C(O)C2O)C(O)C1O)C(O)/C=C/CC/C=C/CC/C=C/CCCCCCCCCCCCCCCCCCC. The summed E-state index contributed by atoms with van der Waals surface area (Å²) in [5.74, 6) is -0.286. The highest BCUT2D eigenvalue weighted by Gasteiger charge is 2.54. The maximum Gasteiger partial charge on any atom is 0.220 e. The van der Waals surface area contributed by atoms with E-state index in [4.69, 9.17) is 28.4 Å². The van der Waals surface area contributed by atoms with Crippen LogP contribution < -0.4 is 5.32 Å². The maximum absolute atomic E-state index is 13.5. The summed E-state index contributed by atoms with van der Waals surface area (Å²) < 4.78 is 34.5. The van der Waals surface area contributed by atoms with Gasteiger partial charge >= 0.3 is 0 Å². The van der Waals surface area contributed by atoms with Crippen molar-refractivity contribution in [1.82, 2.24) is 5.32 Å². The smallest absolute Gasteiger partial charge is 0.220 e. The summed E-state index contributed by atoms with van der Waals surface area (Å²) in [4.78, 5) is 13.5. The Morgan fingerprint density at radius 3 is 0.991 bits per heavy atom. The predicted molar refractivity (Wildman–Crippen MR) is 457 cm³/mol. The van der Waals surface area contributed by atoms with Crippen molar-refractivity contribution >= 4 is 5.91 Å². The largest absolute Gasteiger partial charge is 0.394 e. The second-order valence-electron chi connectivity index (χ2n) is 32.0. The summed E-state index contributed by atoms with van der Waals surface area (Å²) in [5.41, 5.74) is 0. The second kappa shape index (κ2) is 72.5. The van der Waals surface area contributed by atoms with Crippen molar-refractivity contribution in [1.29, 1.82) is 0 Å². The third kappa shape index (κ3) is 50.9. The first-order valence-corrected chi connectivity index (χ1v) is 45.6. The normalized spacial score (nSPS) is 25.3. The van der Waals surface area contributed by atoms with E-state index >= 15 is 0 Å². The molecule has 0 aromatic carbocycles. The highest BCUT2D eigenvalue weighted by atomic mass is 16.8. The molecule has 0 spiro atoms. The van der Waals surface area contributed by atoms with Gasteiger partial charge in [-0.2, -0.15) is 0 Å². The van der Waals surface area contributed by atoms with Crippen molar-refractivity contribution in [2.24, 2.45) is 0 Å². The van der Waals surface area contributed by atoms with Crippen molar-refractivity contribution in [3.05, 3.63) is 109 Å². The predicted octanol–water partition coefficient (Wildman–Crippen LogP) is 17.6. The lowest BCUT2D eigenvalue weighted by Crippen LogP contribution is -2.66. The third-order valence-electron chi connectivity index (χ3n) is 22.0. The molecule has 0 bridgehead atoms. The van der Waals surface area contributed by atoms with Crippen molar-refractivity contribution in [2.75, 3.05) is 26.4 Å². The van der Waals surface area contributed by atoms with Crippen molar-refractivity contribution < 1.29 is 89.4 Å². The molecule has 0 radical (unpaired) electrons. The van der Waals surface area contributed by atoms with E-state index in [1.165, 1.54) is 231 Å². The minimum atomic E-state index is -1.99. The van der Waals surface area contributed by atoms with E-state index in [9.17, 15) is 61.0 Å². The minimum Gasteiger partial charge on any atom is -0.394 e. The van der Waals surface area contributed by atoms with Crippen LogP contribution in [0.25, 0.3) is 0 Å². The Balaban J connectivity index is 1.31. The standard InChI is InChI=1S/C94H165NO18/c1-3-5-7-9-11-13-15-17-19-21-23-25-27-29-31-32-33-34-35-36-37-38-39-40-41-42-43-44-46-48-50-52-54-56-58-60-62-64-66-68-70-72-82(100)95-77(78(99)71-69-67-65-63-61-59-57-55-53-51-49-47-45-30-28-26-24-22-20-18-16-14-12-10-8-6-4-2)76-108-92-88(106)85(103)90(80(74-97)110-92)113-94-89(107)86(104)91(81(75-98)111-94)112-93-87(105)84(102)83(101)79(73-96)109-93/h5,7,11,13,17,19,23,25,29,31,33-34,53,55,61,63,69,71,77-81,83-94,96-99,101-107H,3-4,6,8-10,12,14-16,18,20-22,24,26-28,30,32,35-52,54,56-60,62,64-68,70,72-76H2,1-2H3,(H,95,100)/b7-5-,13-11-,19-17-,25-23-,31-29-,34-33-,55-53+,63-61+,71-69+. The molecule has 3 saturated heterocycles. The molecule has 654 valence electrons. The molecular formula is C94H165NO18. The Labute approximate surface area is 685 Å². The molecule has 3 heterocycles. The molecule has 0 saturated carbocycles. The number of carbonyl (C=O) groups excluding carboxylic acids is 1. The van der Waals surface area contributed by atoms with Crippen LogP contribution in [-0.4, -0.2) is 193 Å². The van der Waals surface area contributed by atoms with Crippen LogP contribution in [0.5, 0.6) is 0 Å². The highest BCUT2D eigenvalue weighted by molar-refractivity contribution is 5.76. The summed E-state index contributed by atoms with van der Waals surface area (Å²) in [6.07, 6.45) is 75.3. The molecule has 3 aliphatic heterocycles. The number of hydrogen-bond donors (Lipinski definition) is 12. The van der Waals surface area contributed by atoms with Gasteiger partial charge in [-0.1, -0.05) is 354 Å². The molecule has 3 aliphatic rings. The van der Waals surface area contributed by atoms with Gasteiger partial charge in [-0.15, -0.1) is 0 Å². The van der Waals surface area contributed by atoms with E-state index in [1.807, 2.05) is 6.08 Å². The minimum absolute atomic E-state index is 0.231. The molecule has 113 heavy (non-hydrogen) atoms. The highest BCUT2D eigenvalue weighted by Crippen LogP contribution is 2.33. The first-order valence-electron chi connectivity index (χ1n) is 45.6. The number of ether oxygens (including phenoxy) is 6. The number of rotatable bonds is 73. The average Bonchev–Trinajstić information content (AvgIpc) is 0.777. The van der Waals surface area contributed by atoms with Crippen molar-refractivity contribution in [2.45, 2.75) is 452 Å².